The van der Waals surface area contributed by atoms with Crippen LogP contribution in [0.15, 0.2) is 148 Å². The highest BCUT2D eigenvalue weighted by Gasteiger charge is 2.22. The quantitative estimate of drug-likeness (QED) is 0.206. The Morgan fingerprint density at radius 1 is 0.356 bits per heavy atom. The molecule has 0 unspecified atom stereocenters. The first kappa shape index (κ1) is 23.4. The summed E-state index contributed by atoms with van der Waals surface area (Å²) in [6.45, 7) is 0. The molecule has 0 fully saturated rings. The minimum Gasteiger partial charge on any atom is -0.456 e. The summed E-state index contributed by atoms with van der Waals surface area (Å²) in [7, 11) is 0. The lowest BCUT2D eigenvalue weighted by Crippen LogP contribution is -1.85. The molecule has 3 heteroatoms. The normalized spacial score (nSPS) is 12.4. The van der Waals surface area contributed by atoms with E-state index in [2.05, 4.69) is 120 Å². The molecule has 0 saturated carbocycles. The second-order valence-electron chi connectivity index (χ2n) is 12.1. The molecule has 0 bridgehead atoms. The van der Waals surface area contributed by atoms with E-state index in [-0.39, 0.29) is 0 Å². The van der Waals surface area contributed by atoms with Crippen molar-refractivity contribution in [3.8, 4) is 22.3 Å². The van der Waals surface area contributed by atoms with Crippen molar-refractivity contribution in [3.05, 3.63) is 140 Å². The van der Waals surface area contributed by atoms with Crippen LogP contribution in [0.2, 0.25) is 0 Å². The standard InChI is InChI=1S/C42H23NO2/c1-3-16-36-28(8-1)30-20-18-24(22-38(30)44-36)26-10-6-14-34-40(26)32-12-5-13-33-41-27(11-7-15-35(41)43(34)42(32)33)25-19-21-31-29-9-2-4-17-37(29)45-39(31)23-25/h1-23H. The van der Waals surface area contributed by atoms with Gasteiger partial charge in [-0.25, -0.2) is 0 Å². The second kappa shape index (κ2) is 8.31. The minimum absolute atomic E-state index is 0.915. The summed E-state index contributed by atoms with van der Waals surface area (Å²) in [6, 6.07) is 49.9. The van der Waals surface area contributed by atoms with Crippen LogP contribution in [0.3, 0.4) is 0 Å². The van der Waals surface area contributed by atoms with Crippen LogP contribution in [0.1, 0.15) is 0 Å². The van der Waals surface area contributed by atoms with Crippen LogP contribution in [0, 0.1) is 0 Å². The third kappa shape index (κ3) is 2.99. The van der Waals surface area contributed by atoms with E-state index in [1.54, 1.807) is 0 Å². The zero-order valence-electron chi connectivity index (χ0n) is 24.0. The highest BCUT2D eigenvalue weighted by molar-refractivity contribution is 6.28. The van der Waals surface area contributed by atoms with Gasteiger partial charge in [0, 0.05) is 43.1 Å². The largest absolute Gasteiger partial charge is 0.456 e. The smallest absolute Gasteiger partial charge is 0.136 e. The number of aromatic nitrogens is 1. The monoisotopic (exact) mass is 573 g/mol. The number of hydrogen-bond acceptors (Lipinski definition) is 2. The maximum atomic E-state index is 6.28. The Balaban J connectivity index is 1.18. The summed E-state index contributed by atoms with van der Waals surface area (Å²) in [5, 5.41) is 9.66. The fraction of sp³-hybridized carbons (Fsp3) is 0. The van der Waals surface area contributed by atoms with Gasteiger partial charge in [-0.1, -0.05) is 91.0 Å². The molecule has 0 aliphatic heterocycles. The summed E-state index contributed by atoms with van der Waals surface area (Å²) < 4.78 is 15.0. The van der Waals surface area contributed by atoms with Gasteiger partial charge in [-0.05, 0) is 70.8 Å². The predicted molar refractivity (Wildman–Crippen MR) is 187 cm³/mol. The molecule has 11 aromatic rings. The maximum absolute atomic E-state index is 6.28. The molecule has 11 rings (SSSR count). The number of rotatable bonds is 2. The molecule has 0 saturated heterocycles. The van der Waals surface area contributed by atoms with Crippen LogP contribution in [0.5, 0.6) is 0 Å². The van der Waals surface area contributed by atoms with E-state index in [0.717, 1.165) is 55.0 Å². The first-order chi connectivity index (χ1) is 22.3. The zero-order valence-corrected chi connectivity index (χ0v) is 24.0. The Hall–Kier alpha value is -6.06. The summed E-state index contributed by atoms with van der Waals surface area (Å²) in [6.07, 6.45) is 0. The number of furan rings is 2. The Bertz CT molecular complexity index is 2790. The summed E-state index contributed by atoms with van der Waals surface area (Å²) in [4.78, 5) is 0. The van der Waals surface area contributed by atoms with E-state index in [9.17, 15) is 0 Å². The summed E-state index contributed by atoms with van der Waals surface area (Å²) >= 11 is 0. The molecular weight excluding hydrogens is 550 g/mol. The molecule has 0 atom stereocenters. The number of benzene rings is 7. The average molecular weight is 574 g/mol. The van der Waals surface area contributed by atoms with Crippen molar-refractivity contribution in [2.75, 3.05) is 0 Å². The van der Waals surface area contributed by atoms with Gasteiger partial charge in [0.05, 0.1) is 16.6 Å². The van der Waals surface area contributed by atoms with Crippen LogP contribution in [0.4, 0.5) is 0 Å². The minimum atomic E-state index is 0.915. The van der Waals surface area contributed by atoms with Gasteiger partial charge < -0.3 is 13.2 Å². The van der Waals surface area contributed by atoms with Crippen molar-refractivity contribution in [2.45, 2.75) is 0 Å². The van der Waals surface area contributed by atoms with E-state index in [0.29, 0.717) is 0 Å². The molecule has 45 heavy (non-hydrogen) atoms. The number of para-hydroxylation sites is 3. The molecule has 7 aromatic carbocycles. The van der Waals surface area contributed by atoms with Crippen molar-refractivity contribution in [1.82, 2.24) is 4.40 Å². The number of nitrogens with zero attached hydrogens (tertiary/aromatic N) is 1. The predicted octanol–water partition coefficient (Wildman–Crippen LogP) is 12.0. The molecule has 4 heterocycles. The zero-order chi connectivity index (χ0) is 29.2. The molecule has 0 aliphatic carbocycles. The molecule has 0 spiro atoms. The Morgan fingerprint density at radius 2 is 0.800 bits per heavy atom. The van der Waals surface area contributed by atoms with Crippen molar-refractivity contribution in [1.29, 1.82) is 0 Å². The van der Waals surface area contributed by atoms with Crippen molar-refractivity contribution < 1.29 is 8.83 Å². The molecule has 0 radical (unpaired) electrons. The topological polar surface area (TPSA) is 30.7 Å². The van der Waals surface area contributed by atoms with E-state index >= 15 is 0 Å². The van der Waals surface area contributed by atoms with Crippen LogP contribution in [-0.4, -0.2) is 4.40 Å². The lowest BCUT2D eigenvalue weighted by Gasteiger charge is -2.08. The van der Waals surface area contributed by atoms with Gasteiger partial charge in [0.1, 0.15) is 22.3 Å². The lowest BCUT2D eigenvalue weighted by atomic mass is 9.96. The van der Waals surface area contributed by atoms with Crippen molar-refractivity contribution in [3.63, 3.8) is 0 Å². The SMILES string of the molecule is c1ccc2c(c1)oc1cc(-c3cccc4c3c3cccc5c6c(-c7ccc8c(c7)oc7ccccc78)cccc6n4c35)ccc12. The van der Waals surface area contributed by atoms with Gasteiger partial charge in [0.2, 0.25) is 0 Å². The highest BCUT2D eigenvalue weighted by atomic mass is 16.3. The van der Waals surface area contributed by atoms with Crippen LogP contribution >= 0.6 is 0 Å². The van der Waals surface area contributed by atoms with Gasteiger partial charge in [0.15, 0.2) is 0 Å². The van der Waals surface area contributed by atoms with E-state index in [1.165, 1.54) is 49.2 Å². The third-order valence-corrected chi connectivity index (χ3v) is 9.74. The third-order valence-electron chi connectivity index (χ3n) is 9.74. The molecule has 3 nitrogen and oxygen atoms in total. The van der Waals surface area contributed by atoms with Gasteiger partial charge in [0.25, 0.3) is 0 Å². The van der Waals surface area contributed by atoms with E-state index in [4.69, 9.17) is 8.83 Å². The fourth-order valence-corrected chi connectivity index (χ4v) is 7.85. The van der Waals surface area contributed by atoms with Crippen molar-refractivity contribution >= 4 is 82.0 Å². The Labute approximate surface area is 256 Å². The van der Waals surface area contributed by atoms with E-state index < -0.39 is 0 Å². The summed E-state index contributed by atoms with van der Waals surface area (Å²) in [5.41, 5.74) is 12.1. The molecule has 0 amide bonds. The van der Waals surface area contributed by atoms with Crippen LogP contribution in [-0.2, 0) is 0 Å². The number of fused-ring (bicyclic) bond motifs is 12. The van der Waals surface area contributed by atoms with Gasteiger partial charge in [-0.2, -0.15) is 0 Å². The van der Waals surface area contributed by atoms with Gasteiger partial charge in [-0.3, -0.25) is 0 Å². The highest BCUT2D eigenvalue weighted by Crippen LogP contribution is 2.46. The Morgan fingerprint density at radius 3 is 1.33 bits per heavy atom. The Kier molecular flexibility index (Phi) is 4.32. The number of hydrogen-bond donors (Lipinski definition) is 0. The lowest BCUT2D eigenvalue weighted by molar-refractivity contribution is 0.668. The maximum Gasteiger partial charge on any atom is 0.136 e. The van der Waals surface area contributed by atoms with Gasteiger partial charge >= 0.3 is 0 Å². The first-order valence-electron chi connectivity index (χ1n) is 15.4. The molecule has 0 N–H and O–H groups in total. The molecule has 208 valence electrons. The molecule has 0 aliphatic rings. The van der Waals surface area contributed by atoms with Crippen LogP contribution < -0.4 is 0 Å². The average Bonchev–Trinajstić information content (AvgIpc) is 3.84. The molecular formula is C42H23NO2. The first-order valence-corrected chi connectivity index (χ1v) is 15.4. The van der Waals surface area contributed by atoms with E-state index in [1.807, 2.05) is 24.3 Å². The molecule has 4 aromatic heterocycles. The second-order valence-corrected chi connectivity index (χ2v) is 12.1. The van der Waals surface area contributed by atoms with Crippen molar-refractivity contribution in [2.24, 2.45) is 0 Å². The fourth-order valence-electron chi connectivity index (χ4n) is 7.85. The van der Waals surface area contributed by atoms with Crippen LogP contribution in [0.25, 0.3) is 104 Å². The van der Waals surface area contributed by atoms with Gasteiger partial charge in [-0.15, -0.1) is 0 Å². The summed E-state index contributed by atoms with van der Waals surface area (Å²) in [5.74, 6) is 0.